The maximum atomic E-state index is 13.2. The van der Waals surface area contributed by atoms with Gasteiger partial charge in [0.05, 0.1) is 26.7 Å². The predicted molar refractivity (Wildman–Crippen MR) is 124 cm³/mol. The Labute approximate surface area is 192 Å². The third-order valence-electron chi connectivity index (χ3n) is 5.48. The molecule has 0 radical (unpaired) electrons. The second kappa shape index (κ2) is 9.65. The number of carbonyl (C=O) groups excluding carboxylic acids is 2. The molecule has 3 aromatic rings. The second-order valence-corrected chi connectivity index (χ2v) is 7.48. The highest BCUT2D eigenvalue weighted by Crippen LogP contribution is 2.47. The molecule has 4 rings (SSSR count). The first-order chi connectivity index (χ1) is 16.1. The van der Waals surface area contributed by atoms with Gasteiger partial charge in [-0.3, -0.25) is 14.5 Å². The van der Waals surface area contributed by atoms with E-state index < -0.39 is 0 Å². The maximum absolute atomic E-state index is 13.2. The summed E-state index contributed by atoms with van der Waals surface area (Å²) in [6, 6.07) is 14.8. The number of nitrogens with zero attached hydrogens (tertiary/aromatic N) is 1. The van der Waals surface area contributed by atoms with E-state index in [9.17, 15) is 9.59 Å². The summed E-state index contributed by atoms with van der Waals surface area (Å²) in [6.07, 6.45) is 3.82. The molecule has 170 valence electrons. The van der Waals surface area contributed by atoms with Crippen molar-refractivity contribution in [1.82, 2.24) is 4.90 Å². The number of hydrogen-bond acceptors (Lipinski definition) is 6. The van der Waals surface area contributed by atoms with Gasteiger partial charge in [-0.15, -0.1) is 0 Å². The summed E-state index contributed by atoms with van der Waals surface area (Å²) in [7, 11) is 4.60. The summed E-state index contributed by atoms with van der Waals surface area (Å²) < 4.78 is 22.9. The molecule has 0 unspecified atom stereocenters. The normalized spacial score (nSPS) is 13.2. The zero-order valence-electron chi connectivity index (χ0n) is 18.8. The minimum absolute atomic E-state index is 0.288. The van der Waals surface area contributed by atoms with Gasteiger partial charge in [-0.1, -0.05) is 36.4 Å². The molecule has 0 aromatic heterocycles. The van der Waals surface area contributed by atoms with Crippen molar-refractivity contribution in [2.24, 2.45) is 0 Å². The lowest BCUT2D eigenvalue weighted by Gasteiger charge is -2.23. The number of rotatable bonds is 7. The number of imide groups is 1. The molecule has 0 fully saturated rings. The highest BCUT2D eigenvalue weighted by atomic mass is 16.5. The van der Waals surface area contributed by atoms with Gasteiger partial charge in [0.15, 0.2) is 11.5 Å². The zero-order chi connectivity index (χ0) is 23.4. The smallest absolute Gasteiger partial charge is 0.260 e. The summed E-state index contributed by atoms with van der Waals surface area (Å²) in [5, 5.41) is 1.31. The summed E-state index contributed by atoms with van der Waals surface area (Å²) in [4.78, 5) is 26.8. The average Bonchev–Trinajstić information content (AvgIpc) is 2.86. The molecule has 0 N–H and O–H groups in total. The van der Waals surface area contributed by atoms with E-state index in [4.69, 9.17) is 18.9 Å². The summed E-state index contributed by atoms with van der Waals surface area (Å²) in [6.45, 7) is 0.623. The number of ether oxygens (including phenoxy) is 4. The summed E-state index contributed by atoms with van der Waals surface area (Å²) in [5.74, 6) is 1.04. The first kappa shape index (κ1) is 22.2. The molecular formula is C26H25NO6. The predicted octanol–water partition coefficient (Wildman–Crippen LogP) is 4.37. The number of fused-ring (bicyclic) bond motifs is 1. The Kier molecular flexibility index (Phi) is 6.49. The maximum Gasteiger partial charge on any atom is 0.260 e. The fraction of sp³-hybridized carbons (Fsp3) is 0.231. The van der Waals surface area contributed by atoms with Crippen molar-refractivity contribution in [2.45, 2.75) is 13.0 Å². The molecule has 0 saturated heterocycles. The topological polar surface area (TPSA) is 74.3 Å². The third kappa shape index (κ3) is 4.35. The van der Waals surface area contributed by atoms with Gasteiger partial charge in [-0.05, 0) is 41.6 Å². The van der Waals surface area contributed by atoms with Crippen molar-refractivity contribution in [1.29, 1.82) is 0 Å². The molecule has 1 heterocycles. The van der Waals surface area contributed by atoms with Crippen LogP contribution < -0.4 is 18.9 Å². The van der Waals surface area contributed by atoms with E-state index in [0.29, 0.717) is 52.3 Å². The SMILES string of the molecule is COc1cc2cc(C(=O)N3CCC=CC3=O)cc(OCc3ccccc3)c2c(OC)c1OC. The lowest BCUT2D eigenvalue weighted by molar-refractivity contribution is -0.124. The molecule has 0 bridgehead atoms. The molecule has 0 spiro atoms. The zero-order valence-corrected chi connectivity index (χ0v) is 18.8. The molecule has 7 heteroatoms. The van der Waals surface area contributed by atoms with Gasteiger partial charge in [-0.2, -0.15) is 0 Å². The Hall–Kier alpha value is -4.00. The second-order valence-electron chi connectivity index (χ2n) is 7.48. The number of benzene rings is 3. The van der Waals surface area contributed by atoms with Gasteiger partial charge < -0.3 is 18.9 Å². The number of hydrogen-bond donors (Lipinski definition) is 0. The van der Waals surface area contributed by atoms with E-state index in [1.165, 1.54) is 32.3 Å². The molecule has 3 aromatic carbocycles. The van der Waals surface area contributed by atoms with E-state index >= 15 is 0 Å². The standard InChI is InChI=1S/C26H25NO6/c1-30-21-14-18-13-19(26(29)27-12-8-7-11-22(27)28)15-20(23(18)25(32-3)24(21)31-2)33-16-17-9-5-4-6-10-17/h4-7,9-11,13-15H,8,12,16H2,1-3H3. The van der Waals surface area contributed by atoms with Gasteiger partial charge in [0.1, 0.15) is 12.4 Å². The minimum atomic E-state index is -0.385. The number of amides is 2. The van der Waals surface area contributed by atoms with E-state index in [-0.39, 0.29) is 18.4 Å². The van der Waals surface area contributed by atoms with Gasteiger partial charge in [-0.25, -0.2) is 0 Å². The first-order valence-corrected chi connectivity index (χ1v) is 10.5. The first-order valence-electron chi connectivity index (χ1n) is 10.5. The molecule has 33 heavy (non-hydrogen) atoms. The number of methoxy groups -OCH3 is 3. The lowest BCUT2D eigenvalue weighted by Crippen LogP contribution is -2.38. The van der Waals surface area contributed by atoms with Crippen LogP contribution in [-0.4, -0.2) is 44.6 Å². The van der Waals surface area contributed by atoms with Crippen molar-refractivity contribution in [3.05, 3.63) is 71.8 Å². The summed E-state index contributed by atoms with van der Waals surface area (Å²) >= 11 is 0. The Morgan fingerprint density at radius 3 is 2.36 bits per heavy atom. The van der Waals surface area contributed by atoms with Crippen molar-refractivity contribution < 1.29 is 28.5 Å². The molecule has 1 aliphatic heterocycles. The minimum Gasteiger partial charge on any atom is -0.493 e. The Morgan fingerprint density at radius 2 is 1.70 bits per heavy atom. The Morgan fingerprint density at radius 1 is 0.939 bits per heavy atom. The molecule has 0 saturated carbocycles. The van der Waals surface area contributed by atoms with Gasteiger partial charge in [0, 0.05) is 12.1 Å². The third-order valence-corrected chi connectivity index (χ3v) is 5.48. The van der Waals surface area contributed by atoms with E-state index in [1.54, 1.807) is 24.3 Å². The molecule has 1 aliphatic rings. The summed E-state index contributed by atoms with van der Waals surface area (Å²) in [5.41, 5.74) is 1.31. The van der Waals surface area contributed by atoms with Crippen molar-refractivity contribution in [3.8, 4) is 23.0 Å². The Bertz CT molecular complexity index is 1220. The van der Waals surface area contributed by atoms with Gasteiger partial charge in [0.25, 0.3) is 11.8 Å². The Balaban J connectivity index is 1.87. The van der Waals surface area contributed by atoms with Crippen molar-refractivity contribution in [3.63, 3.8) is 0 Å². The van der Waals surface area contributed by atoms with E-state index in [0.717, 1.165) is 5.56 Å². The van der Waals surface area contributed by atoms with Gasteiger partial charge >= 0.3 is 0 Å². The fourth-order valence-electron chi connectivity index (χ4n) is 3.88. The van der Waals surface area contributed by atoms with Crippen LogP contribution in [0.4, 0.5) is 0 Å². The lowest BCUT2D eigenvalue weighted by atomic mass is 10.0. The van der Waals surface area contributed by atoms with Crippen molar-refractivity contribution in [2.75, 3.05) is 27.9 Å². The highest BCUT2D eigenvalue weighted by molar-refractivity contribution is 6.11. The monoisotopic (exact) mass is 447 g/mol. The van der Waals surface area contributed by atoms with Crippen LogP contribution in [0.3, 0.4) is 0 Å². The van der Waals surface area contributed by atoms with Gasteiger partial charge in [0.2, 0.25) is 5.75 Å². The van der Waals surface area contributed by atoms with Crippen LogP contribution in [0.25, 0.3) is 10.8 Å². The quantitative estimate of drug-likeness (QED) is 0.501. The van der Waals surface area contributed by atoms with E-state index in [2.05, 4.69) is 0 Å². The molecule has 0 aliphatic carbocycles. The van der Waals surface area contributed by atoms with Crippen LogP contribution in [0.1, 0.15) is 22.3 Å². The van der Waals surface area contributed by atoms with Crippen molar-refractivity contribution >= 4 is 22.6 Å². The van der Waals surface area contributed by atoms with Crippen LogP contribution in [0.2, 0.25) is 0 Å². The molecule has 2 amide bonds. The highest BCUT2D eigenvalue weighted by Gasteiger charge is 2.26. The van der Waals surface area contributed by atoms with Crippen LogP contribution in [0.5, 0.6) is 23.0 Å². The van der Waals surface area contributed by atoms with Crippen LogP contribution in [-0.2, 0) is 11.4 Å². The largest absolute Gasteiger partial charge is 0.493 e. The fourth-order valence-corrected chi connectivity index (χ4v) is 3.88. The molecular weight excluding hydrogens is 422 g/mol. The van der Waals surface area contributed by atoms with Crippen LogP contribution in [0, 0.1) is 0 Å². The molecule has 0 atom stereocenters. The van der Waals surface area contributed by atoms with E-state index in [1.807, 2.05) is 30.3 Å². The van der Waals surface area contributed by atoms with Crippen LogP contribution in [0.15, 0.2) is 60.7 Å². The molecule has 7 nitrogen and oxygen atoms in total. The number of carbonyl (C=O) groups is 2. The average molecular weight is 447 g/mol. The van der Waals surface area contributed by atoms with Crippen LogP contribution >= 0.6 is 0 Å².